The van der Waals surface area contributed by atoms with E-state index in [1.165, 1.54) is 85.9 Å². The maximum atomic E-state index is 2.36. The molecule has 0 aliphatic rings. The predicted molar refractivity (Wildman–Crippen MR) is 188 cm³/mol. The smallest absolute Gasteiger partial charge is 0.0433 e. The van der Waals surface area contributed by atoms with Crippen LogP contribution in [0.2, 0.25) is 0 Å². The number of thiophene rings is 1. The van der Waals surface area contributed by atoms with Gasteiger partial charge in [0, 0.05) is 20.2 Å². The molecule has 0 fully saturated rings. The Morgan fingerprint density at radius 1 is 0.279 bits per heavy atom. The zero-order valence-corrected chi connectivity index (χ0v) is 24.2. The molecule has 0 saturated heterocycles. The van der Waals surface area contributed by atoms with E-state index in [0.29, 0.717) is 0 Å². The van der Waals surface area contributed by atoms with E-state index in [9.17, 15) is 0 Å². The summed E-state index contributed by atoms with van der Waals surface area (Å²) < 4.78 is 2.72. The summed E-state index contributed by atoms with van der Waals surface area (Å²) in [5.41, 5.74) is 7.47. The molecule has 0 saturated carbocycles. The van der Waals surface area contributed by atoms with Crippen LogP contribution < -0.4 is 0 Å². The summed E-state index contributed by atoms with van der Waals surface area (Å²) in [6.07, 6.45) is 0. The summed E-state index contributed by atoms with van der Waals surface area (Å²) in [6.45, 7) is 0. The summed E-state index contributed by atoms with van der Waals surface area (Å²) in [7, 11) is 0. The minimum absolute atomic E-state index is 1.23. The van der Waals surface area contributed by atoms with Gasteiger partial charge in [-0.25, -0.2) is 0 Å². The van der Waals surface area contributed by atoms with Crippen molar-refractivity contribution in [2.75, 3.05) is 0 Å². The number of fused-ring (bicyclic) bond motifs is 7. The first-order chi connectivity index (χ1) is 21.3. The fourth-order valence-electron chi connectivity index (χ4n) is 6.51. The lowest BCUT2D eigenvalue weighted by molar-refractivity contribution is 1.62. The number of rotatable bonds is 3. The average Bonchev–Trinajstić information content (AvgIpc) is 3.46. The van der Waals surface area contributed by atoms with Gasteiger partial charge in [-0.05, 0) is 96.0 Å². The Balaban J connectivity index is 1.03. The van der Waals surface area contributed by atoms with Gasteiger partial charge < -0.3 is 0 Å². The highest BCUT2D eigenvalue weighted by Gasteiger charge is 2.10. The molecule has 9 aromatic rings. The van der Waals surface area contributed by atoms with Crippen LogP contribution in [0.4, 0.5) is 0 Å². The number of benzene rings is 8. The lowest BCUT2D eigenvalue weighted by Gasteiger charge is -2.09. The molecule has 8 aromatic carbocycles. The molecular formula is C42H26S. The molecule has 1 heteroatoms. The Labute approximate surface area is 254 Å². The van der Waals surface area contributed by atoms with Crippen molar-refractivity contribution < 1.29 is 0 Å². The SMILES string of the molecule is c1ccc2cc(-c3ccc4cc(-c5ccc(-c6ccc7sc8c9ccccc9ccc8c7c6)cc5)ccc4c3)ccc2c1. The molecule has 0 unspecified atom stereocenters. The first-order valence-corrected chi connectivity index (χ1v) is 15.6. The fraction of sp³-hybridized carbons (Fsp3) is 0. The molecule has 43 heavy (non-hydrogen) atoms. The van der Waals surface area contributed by atoms with Crippen molar-refractivity contribution in [3.8, 4) is 33.4 Å². The molecule has 0 N–H and O–H groups in total. The maximum absolute atomic E-state index is 2.36. The highest BCUT2D eigenvalue weighted by molar-refractivity contribution is 7.26. The normalized spacial score (nSPS) is 11.7. The maximum Gasteiger partial charge on any atom is 0.0433 e. The largest absolute Gasteiger partial charge is 0.135 e. The monoisotopic (exact) mass is 562 g/mol. The van der Waals surface area contributed by atoms with Gasteiger partial charge in [0.15, 0.2) is 0 Å². The Morgan fingerprint density at radius 2 is 0.744 bits per heavy atom. The van der Waals surface area contributed by atoms with Gasteiger partial charge in [0.1, 0.15) is 0 Å². The van der Waals surface area contributed by atoms with Crippen molar-refractivity contribution in [1.29, 1.82) is 0 Å². The van der Waals surface area contributed by atoms with Crippen molar-refractivity contribution in [1.82, 2.24) is 0 Å². The average molecular weight is 563 g/mol. The number of hydrogen-bond acceptors (Lipinski definition) is 1. The zero-order chi connectivity index (χ0) is 28.3. The van der Waals surface area contributed by atoms with Crippen LogP contribution in [0.15, 0.2) is 158 Å². The summed E-state index contributed by atoms with van der Waals surface area (Å²) in [5, 5.41) is 10.4. The molecule has 0 radical (unpaired) electrons. The van der Waals surface area contributed by atoms with Gasteiger partial charge in [-0.3, -0.25) is 0 Å². The Morgan fingerprint density at radius 3 is 1.44 bits per heavy atom. The highest BCUT2D eigenvalue weighted by atomic mass is 32.1. The standard InChI is InChI=1S/C42H26S/c1-2-7-31-23-33(14-13-27(31)5-1)36-18-17-34-24-32(15-16-35(34)25-36)28-9-11-29(12-10-28)37-20-22-41-40(26-37)39-21-19-30-6-3-4-8-38(30)42(39)43-41/h1-26H. The van der Waals surface area contributed by atoms with Gasteiger partial charge >= 0.3 is 0 Å². The molecule has 0 nitrogen and oxygen atoms in total. The van der Waals surface area contributed by atoms with Crippen molar-refractivity contribution in [2.24, 2.45) is 0 Å². The van der Waals surface area contributed by atoms with Gasteiger partial charge in [0.05, 0.1) is 0 Å². The second kappa shape index (κ2) is 9.66. The molecule has 0 spiro atoms. The van der Waals surface area contributed by atoms with Gasteiger partial charge in [0.25, 0.3) is 0 Å². The zero-order valence-electron chi connectivity index (χ0n) is 23.4. The molecule has 0 atom stereocenters. The highest BCUT2D eigenvalue weighted by Crippen LogP contribution is 2.40. The van der Waals surface area contributed by atoms with Crippen LogP contribution in [0.5, 0.6) is 0 Å². The lowest BCUT2D eigenvalue weighted by Crippen LogP contribution is -1.83. The van der Waals surface area contributed by atoms with E-state index in [0.717, 1.165) is 0 Å². The molecule has 0 amide bonds. The van der Waals surface area contributed by atoms with Crippen molar-refractivity contribution in [3.63, 3.8) is 0 Å². The van der Waals surface area contributed by atoms with Crippen LogP contribution in [0.25, 0.3) is 85.9 Å². The molecular weight excluding hydrogens is 537 g/mol. The number of hydrogen-bond donors (Lipinski definition) is 0. The quantitative estimate of drug-likeness (QED) is 0.201. The minimum Gasteiger partial charge on any atom is -0.135 e. The summed E-state index contributed by atoms with van der Waals surface area (Å²) in [6, 6.07) is 58.0. The van der Waals surface area contributed by atoms with Crippen molar-refractivity contribution in [3.05, 3.63) is 158 Å². The molecule has 0 bridgehead atoms. The summed E-state index contributed by atoms with van der Waals surface area (Å²) >= 11 is 1.90. The summed E-state index contributed by atoms with van der Waals surface area (Å²) in [5.74, 6) is 0. The van der Waals surface area contributed by atoms with Crippen LogP contribution in [-0.2, 0) is 0 Å². The van der Waals surface area contributed by atoms with Crippen molar-refractivity contribution in [2.45, 2.75) is 0 Å². The third kappa shape index (κ3) is 4.13. The van der Waals surface area contributed by atoms with Gasteiger partial charge in [-0.1, -0.05) is 127 Å². The Hall–Kier alpha value is -5.24. The van der Waals surface area contributed by atoms with E-state index in [4.69, 9.17) is 0 Å². The van der Waals surface area contributed by atoms with E-state index in [-0.39, 0.29) is 0 Å². The molecule has 9 rings (SSSR count). The first-order valence-electron chi connectivity index (χ1n) is 14.7. The molecule has 200 valence electrons. The topological polar surface area (TPSA) is 0 Å². The van der Waals surface area contributed by atoms with Gasteiger partial charge in [0.2, 0.25) is 0 Å². The second-order valence-corrected chi connectivity index (χ2v) is 12.4. The van der Waals surface area contributed by atoms with Gasteiger partial charge in [-0.15, -0.1) is 11.3 Å². The van der Waals surface area contributed by atoms with E-state index in [1.807, 2.05) is 11.3 Å². The predicted octanol–water partition coefficient (Wildman–Crippen LogP) is 12.5. The van der Waals surface area contributed by atoms with Gasteiger partial charge in [-0.2, -0.15) is 0 Å². The van der Waals surface area contributed by atoms with E-state index in [2.05, 4.69) is 158 Å². The molecule has 0 aliphatic heterocycles. The van der Waals surface area contributed by atoms with E-state index < -0.39 is 0 Å². The third-order valence-corrected chi connectivity index (χ3v) is 10.1. The molecule has 1 heterocycles. The van der Waals surface area contributed by atoms with Crippen LogP contribution in [0.3, 0.4) is 0 Å². The van der Waals surface area contributed by atoms with Crippen LogP contribution in [-0.4, -0.2) is 0 Å². The lowest BCUT2D eigenvalue weighted by atomic mass is 9.95. The Kier molecular flexibility index (Phi) is 5.47. The molecule has 0 aliphatic carbocycles. The Bertz CT molecular complexity index is 2500. The van der Waals surface area contributed by atoms with Crippen molar-refractivity contribution >= 4 is 63.8 Å². The minimum atomic E-state index is 1.23. The first kappa shape index (κ1) is 24.4. The fourth-order valence-corrected chi connectivity index (χ4v) is 7.73. The third-order valence-electron chi connectivity index (χ3n) is 8.84. The van der Waals surface area contributed by atoms with Crippen LogP contribution >= 0.6 is 11.3 Å². The summed E-state index contributed by atoms with van der Waals surface area (Å²) in [4.78, 5) is 0. The molecule has 1 aromatic heterocycles. The van der Waals surface area contributed by atoms with Crippen LogP contribution in [0, 0.1) is 0 Å². The van der Waals surface area contributed by atoms with Crippen LogP contribution in [0.1, 0.15) is 0 Å². The second-order valence-electron chi connectivity index (χ2n) is 11.4. The van der Waals surface area contributed by atoms with E-state index >= 15 is 0 Å². The van der Waals surface area contributed by atoms with E-state index in [1.54, 1.807) is 0 Å².